The van der Waals surface area contributed by atoms with Crippen molar-refractivity contribution in [2.24, 2.45) is 4.99 Å². The van der Waals surface area contributed by atoms with E-state index in [-0.39, 0.29) is 5.91 Å². The smallest absolute Gasteiger partial charge is 0.286 e. The minimum Gasteiger partial charge on any atom is -0.488 e. The van der Waals surface area contributed by atoms with Crippen molar-refractivity contribution in [3.05, 3.63) is 70.6 Å². The molecule has 2 aromatic rings. The molecule has 2 aliphatic heterocycles. The molecule has 2 heterocycles. The Kier molecular flexibility index (Phi) is 5.58. The second-order valence-electron chi connectivity index (χ2n) is 6.67. The molecule has 1 amide bonds. The molecule has 2 aromatic carbocycles. The highest BCUT2D eigenvalue weighted by Gasteiger charge is 2.27. The number of aliphatic imine (C=N–C) groups is 1. The van der Waals surface area contributed by atoms with Crippen LogP contribution in [-0.2, 0) is 11.4 Å². The van der Waals surface area contributed by atoms with Gasteiger partial charge in [-0.3, -0.25) is 4.79 Å². The van der Waals surface area contributed by atoms with Gasteiger partial charge < -0.3 is 9.64 Å². The number of hydrogen-bond donors (Lipinski definition) is 0. The zero-order valence-electron chi connectivity index (χ0n) is 15.1. The van der Waals surface area contributed by atoms with Gasteiger partial charge in [0.15, 0.2) is 5.17 Å². The number of para-hydroxylation sites is 1. The van der Waals surface area contributed by atoms with Crippen LogP contribution in [0.1, 0.15) is 30.4 Å². The second-order valence-corrected chi connectivity index (χ2v) is 7.68. The molecule has 0 N–H and O–H groups in total. The van der Waals surface area contributed by atoms with Gasteiger partial charge in [-0.1, -0.05) is 48.5 Å². The largest absolute Gasteiger partial charge is 0.488 e. The summed E-state index contributed by atoms with van der Waals surface area (Å²) in [6.45, 7) is 2.48. The van der Waals surface area contributed by atoms with Crippen molar-refractivity contribution in [1.82, 2.24) is 4.90 Å². The number of thioether (sulfide) groups is 1. The topological polar surface area (TPSA) is 41.9 Å². The fraction of sp³-hybridized carbons (Fsp3) is 0.273. The van der Waals surface area contributed by atoms with Crippen LogP contribution in [0.25, 0.3) is 6.08 Å². The average Bonchev–Trinajstić information content (AvgIpc) is 3.09. The first kappa shape index (κ1) is 17.9. The summed E-state index contributed by atoms with van der Waals surface area (Å²) in [6, 6.07) is 17.9. The molecule has 0 aliphatic carbocycles. The fourth-order valence-electron chi connectivity index (χ4n) is 3.23. The van der Waals surface area contributed by atoms with E-state index in [0.29, 0.717) is 11.5 Å². The summed E-state index contributed by atoms with van der Waals surface area (Å²) in [5.41, 5.74) is 2.02. The number of benzene rings is 2. The molecule has 4 nitrogen and oxygen atoms in total. The van der Waals surface area contributed by atoms with Crippen LogP contribution in [0.2, 0.25) is 0 Å². The maximum atomic E-state index is 12.4. The molecule has 5 heteroatoms. The van der Waals surface area contributed by atoms with E-state index in [1.54, 1.807) is 0 Å². The summed E-state index contributed by atoms with van der Waals surface area (Å²) in [5, 5.41) is 0.841. The van der Waals surface area contributed by atoms with Crippen LogP contribution in [0, 0.1) is 0 Å². The predicted molar refractivity (Wildman–Crippen MR) is 111 cm³/mol. The highest BCUT2D eigenvalue weighted by Crippen LogP contribution is 2.33. The SMILES string of the molecule is O=C1N=C(N2CCCCC2)S/C1=C/c1ccccc1OCc1ccccc1. The van der Waals surface area contributed by atoms with Crippen LogP contribution < -0.4 is 4.74 Å². The Bertz CT molecular complexity index is 871. The first-order valence-electron chi connectivity index (χ1n) is 9.33. The van der Waals surface area contributed by atoms with Gasteiger partial charge in [-0.05, 0) is 48.7 Å². The van der Waals surface area contributed by atoms with Crippen molar-refractivity contribution in [3.8, 4) is 5.75 Å². The summed E-state index contributed by atoms with van der Waals surface area (Å²) in [5.74, 6) is 0.618. The van der Waals surface area contributed by atoms with Crippen molar-refractivity contribution in [3.63, 3.8) is 0 Å². The molecule has 1 fully saturated rings. The Morgan fingerprint density at radius 1 is 1.00 bits per heavy atom. The average molecular weight is 378 g/mol. The third kappa shape index (κ3) is 4.42. The highest BCUT2D eigenvalue weighted by molar-refractivity contribution is 8.18. The van der Waals surface area contributed by atoms with Gasteiger partial charge in [-0.2, -0.15) is 4.99 Å². The summed E-state index contributed by atoms with van der Waals surface area (Å²) in [7, 11) is 0. The van der Waals surface area contributed by atoms with Crippen molar-refractivity contribution in [2.75, 3.05) is 13.1 Å². The lowest BCUT2D eigenvalue weighted by molar-refractivity contribution is -0.113. The van der Waals surface area contributed by atoms with Gasteiger partial charge in [0.05, 0.1) is 4.91 Å². The standard InChI is InChI=1S/C22H22N2O2S/c25-21-20(27-22(23-21)24-13-7-2-8-14-24)15-18-11-5-6-12-19(18)26-16-17-9-3-1-4-10-17/h1,3-6,9-12,15H,2,7-8,13-14,16H2/b20-15+. The number of carbonyl (C=O) groups excluding carboxylic acids is 1. The minimum atomic E-state index is -0.154. The Morgan fingerprint density at radius 3 is 2.56 bits per heavy atom. The Morgan fingerprint density at radius 2 is 1.74 bits per heavy atom. The molecule has 0 aromatic heterocycles. The van der Waals surface area contributed by atoms with Gasteiger partial charge in [-0.15, -0.1) is 0 Å². The van der Waals surface area contributed by atoms with E-state index in [1.165, 1.54) is 31.0 Å². The van der Waals surface area contributed by atoms with Crippen molar-refractivity contribution in [1.29, 1.82) is 0 Å². The molecule has 0 saturated carbocycles. The summed E-state index contributed by atoms with van der Waals surface area (Å²) in [4.78, 5) is 19.5. The molecule has 0 unspecified atom stereocenters. The number of hydrogen-bond acceptors (Lipinski definition) is 4. The number of amidine groups is 1. The summed E-state index contributed by atoms with van der Waals surface area (Å²) in [6.07, 6.45) is 5.50. The highest BCUT2D eigenvalue weighted by atomic mass is 32.2. The van der Waals surface area contributed by atoms with Gasteiger partial charge in [0.1, 0.15) is 12.4 Å². The molecule has 4 rings (SSSR count). The van der Waals surface area contributed by atoms with Crippen LogP contribution in [-0.4, -0.2) is 29.1 Å². The van der Waals surface area contributed by atoms with E-state index >= 15 is 0 Å². The Labute approximate surface area is 163 Å². The molecule has 27 heavy (non-hydrogen) atoms. The Balaban J connectivity index is 1.48. The first-order chi connectivity index (χ1) is 13.3. The summed E-state index contributed by atoms with van der Waals surface area (Å²) < 4.78 is 6.00. The molecular formula is C22H22N2O2S. The van der Waals surface area contributed by atoms with Crippen LogP contribution in [0.4, 0.5) is 0 Å². The molecule has 2 aliphatic rings. The number of carbonyl (C=O) groups is 1. The van der Waals surface area contributed by atoms with E-state index in [0.717, 1.165) is 35.1 Å². The molecule has 0 atom stereocenters. The van der Waals surface area contributed by atoms with Gasteiger partial charge in [-0.25, -0.2) is 0 Å². The van der Waals surface area contributed by atoms with Crippen LogP contribution in [0.5, 0.6) is 5.75 Å². The monoisotopic (exact) mass is 378 g/mol. The molecule has 0 radical (unpaired) electrons. The lowest BCUT2D eigenvalue weighted by Crippen LogP contribution is -2.33. The van der Waals surface area contributed by atoms with E-state index in [2.05, 4.69) is 9.89 Å². The summed E-state index contributed by atoms with van der Waals surface area (Å²) >= 11 is 1.48. The van der Waals surface area contributed by atoms with Crippen molar-refractivity contribution >= 4 is 28.9 Å². The number of rotatable bonds is 4. The molecule has 1 saturated heterocycles. The molecule has 0 spiro atoms. The minimum absolute atomic E-state index is 0.154. The van der Waals surface area contributed by atoms with E-state index < -0.39 is 0 Å². The maximum Gasteiger partial charge on any atom is 0.286 e. The molecule has 0 bridgehead atoms. The fourth-order valence-corrected chi connectivity index (χ4v) is 4.18. The number of amides is 1. The van der Waals surface area contributed by atoms with Gasteiger partial charge in [0.2, 0.25) is 0 Å². The van der Waals surface area contributed by atoms with Crippen LogP contribution in [0.15, 0.2) is 64.5 Å². The first-order valence-corrected chi connectivity index (χ1v) is 10.1. The molecule has 138 valence electrons. The van der Waals surface area contributed by atoms with Gasteiger partial charge >= 0.3 is 0 Å². The van der Waals surface area contributed by atoms with Crippen molar-refractivity contribution in [2.45, 2.75) is 25.9 Å². The second kappa shape index (κ2) is 8.44. The zero-order valence-corrected chi connectivity index (χ0v) is 16.0. The number of piperidine rings is 1. The van der Waals surface area contributed by atoms with E-state index in [9.17, 15) is 4.79 Å². The van der Waals surface area contributed by atoms with E-state index in [4.69, 9.17) is 4.74 Å². The maximum absolute atomic E-state index is 12.4. The Hall–Kier alpha value is -2.53. The predicted octanol–water partition coefficient (Wildman–Crippen LogP) is 4.72. The van der Waals surface area contributed by atoms with Crippen LogP contribution in [0.3, 0.4) is 0 Å². The lowest BCUT2D eigenvalue weighted by Gasteiger charge is -2.27. The van der Waals surface area contributed by atoms with Gasteiger partial charge in [0.25, 0.3) is 5.91 Å². The third-order valence-corrected chi connectivity index (χ3v) is 5.72. The number of likely N-dealkylation sites (tertiary alicyclic amines) is 1. The van der Waals surface area contributed by atoms with E-state index in [1.807, 2.05) is 60.7 Å². The third-order valence-electron chi connectivity index (χ3n) is 4.68. The number of ether oxygens (including phenoxy) is 1. The van der Waals surface area contributed by atoms with Crippen molar-refractivity contribution < 1.29 is 9.53 Å². The zero-order chi connectivity index (χ0) is 18.5. The van der Waals surface area contributed by atoms with Crippen LogP contribution >= 0.6 is 11.8 Å². The number of nitrogens with zero attached hydrogens (tertiary/aromatic N) is 2. The quantitative estimate of drug-likeness (QED) is 0.722. The normalized spacial score (nSPS) is 18.7. The lowest BCUT2D eigenvalue weighted by atomic mass is 10.1. The molecular weight excluding hydrogens is 356 g/mol. The van der Waals surface area contributed by atoms with Gasteiger partial charge in [0, 0.05) is 18.7 Å².